The zero-order chi connectivity index (χ0) is 25.9. The van der Waals surface area contributed by atoms with Gasteiger partial charge in [-0.3, -0.25) is 19.8 Å². The first-order chi connectivity index (χ1) is 16.4. The highest BCUT2D eigenvalue weighted by molar-refractivity contribution is 5.90. The summed E-state index contributed by atoms with van der Waals surface area (Å²) in [4.78, 5) is 38.9. The molecule has 0 spiro atoms. The fraction of sp³-hybridized carbons (Fsp3) is 0.190. The highest BCUT2D eigenvalue weighted by atomic mass is 19.4. The Balaban J connectivity index is 1.99. The van der Waals surface area contributed by atoms with Crippen LogP contribution in [0.3, 0.4) is 0 Å². The number of ether oxygens (including phenoxy) is 2. The summed E-state index contributed by atoms with van der Waals surface area (Å²) in [5.41, 5.74) is -1.10. The third kappa shape index (κ3) is 5.66. The molecule has 0 aliphatic rings. The van der Waals surface area contributed by atoms with Gasteiger partial charge in [-0.2, -0.15) is 13.2 Å². The molecule has 14 heteroatoms. The Morgan fingerprint density at radius 2 is 1.91 bits per heavy atom. The monoisotopic (exact) mass is 494 g/mol. The predicted octanol–water partition coefficient (Wildman–Crippen LogP) is 4.27. The number of phenolic OH excluding ortho intramolecular Hbond substituents is 1. The van der Waals surface area contributed by atoms with Crippen molar-refractivity contribution >= 4 is 23.4 Å². The summed E-state index contributed by atoms with van der Waals surface area (Å²) in [6.45, 7) is 0.473. The molecule has 0 unspecified atom stereocenters. The summed E-state index contributed by atoms with van der Waals surface area (Å²) in [6.07, 6.45) is -3.08. The Labute approximate surface area is 195 Å². The van der Waals surface area contributed by atoms with Crippen LogP contribution < -0.4 is 4.90 Å². The summed E-state index contributed by atoms with van der Waals surface area (Å²) in [5, 5.41) is 21.4. The van der Waals surface area contributed by atoms with Crippen LogP contribution in [0.5, 0.6) is 5.75 Å². The molecule has 1 N–H and O–H groups in total. The van der Waals surface area contributed by atoms with Gasteiger partial charge in [-0.25, -0.2) is 9.78 Å². The highest BCUT2D eigenvalue weighted by Crippen LogP contribution is 2.37. The van der Waals surface area contributed by atoms with Crippen LogP contribution in [-0.2, 0) is 20.4 Å². The molecule has 3 rings (SSSR count). The normalized spacial score (nSPS) is 11.1. The maximum Gasteiger partial charge on any atom is 0.416 e. The number of amides is 1. The zero-order valence-corrected chi connectivity index (χ0v) is 18.1. The van der Waals surface area contributed by atoms with Gasteiger partial charge in [0.15, 0.2) is 0 Å². The van der Waals surface area contributed by atoms with Crippen LogP contribution in [0.2, 0.25) is 0 Å². The van der Waals surface area contributed by atoms with Crippen molar-refractivity contribution in [2.24, 2.45) is 0 Å². The van der Waals surface area contributed by atoms with E-state index in [2.05, 4.69) is 9.72 Å². The number of non-ortho nitro benzene ring substituents is 1. The third-order valence-corrected chi connectivity index (χ3v) is 4.71. The smallest absolute Gasteiger partial charge is 0.416 e. The molecule has 1 heterocycles. The predicted molar refractivity (Wildman–Crippen MR) is 114 cm³/mol. The van der Waals surface area contributed by atoms with E-state index >= 15 is 0 Å². The van der Waals surface area contributed by atoms with Gasteiger partial charge in [-0.05, 0) is 24.3 Å². The van der Waals surface area contributed by atoms with Crippen molar-refractivity contribution in [3.8, 4) is 22.7 Å². The van der Waals surface area contributed by atoms with Crippen LogP contribution in [0, 0.1) is 10.1 Å². The molecule has 1 aromatic heterocycles. The first kappa shape index (κ1) is 25.0. The van der Waals surface area contributed by atoms with Crippen LogP contribution in [-0.4, -0.2) is 45.5 Å². The fourth-order valence-corrected chi connectivity index (χ4v) is 2.99. The van der Waals surface area contributed by atoms with Gasteiger partial charge in [-0.15, -0.1) is 0 Å². The van der Waals surface area contributed by atoms with Crippen LogP contribution in [0.25, 0.3) is 16.9 Å². The van der Waals surface area contributed by atoms with Gasteiger partial charge >= 0.3 is 18.2 Å². The van der Waals surface area contributed by atoms with E-state index in [1.165, 1.54) is 30.2 Å². The molecular formula is C21H17F3N4O7. The van der Waals surface area contributed by atoms with Gasteiger partial charge in [0.05, 0.1) is 33.9 Å². The molecule has 184 valence electrons. The topological polar surface area (TPSA) is 137 Å². The van der Waals surface area contributed by atoms with Crippen molar-refractivity contribution < 1.29 is 42.3 Å². The van der Waals surface area contributed by atoms with Crippen LogP contribution in [0.4, 0.5) is 29.3 Å². The minimum atomic E-state index is -4.65. The lowest BCUT2D eigenvalue weighted by Gasteiger charge is -2.20. The number of anilines is 1. The maximum absolute atomic E-state index is 12.9. The van der Waals surface area contributed by atoms with Gasteiger partial charge in [0.2, 0.25) is 6.79 Å². The number of carbonyl (C=O) groups excluding carboxylic acids is 2. The van der Waals surface area contributed by atoms with E-state index in [-0.39, 0.29) is 28.3 Å². The van der Waals surface area contributed by atoms with Gasteiger partial charge in [0.25, 0.3) is 5.69 Å². The number of halogens is 3. The molecule has 0 fully saturated rings. The number of aromatic nitrogens is 2. The van der Waals surface area contributed by atoms with Crippen molar-refractivity contribution in [1.29, 1.82) is 0 Å². The average molecular weight is 494 g/mol. The SMILES string of the molecule is CC(=O)OCOC(=O)N(C)c1ccc([N+](=O)[O-])cc1-n1cnc(-c2ccc(C(F)(F)F)cc2O)c1. The summed E-state index contributed by atoms with van der Waals surface area (Å²) in [7, 11) is 1.31. The van der Waals surface area contributed by atoms with Crippen molar-refractivity contribution in [2.75, 3.05) is 18.7 Å². The number of rotatable bonds is 6. The van der Waals surface area contributed by atoms with E-state index in [1.807, 2.05) is 0 Å². The van der Waals surface area contributed by atoms with Crippen molar-refractivity contribution in [3.63, 3.8) is 0 Å². The molecule has 35 heavy (non-hydrogen) atoms. The van der Waals surface area contributed by atoms with E-state index in [0.29, 0.717) is 6.07 Å². The molecule has 0 aliphatic carbocycles. The number of carbonyl (C=O) groups is 2. The lowest BCUT2D eigenvalue weighted by molar-refractivity contribution is -0.384. The van der Waals surface area contributed by atoms with Crippen molar-refractivity contribution in [1.82, 2.24) is 9.55 Å². The number of nitro groups is 1. The number of aromatic hydroxyl groups is 1. The number of nitrogens with zero attached hydrogens (tertiary/aromatic N) is 4. The van der Waals surface area contributed by atoms with Gasteiger partial charge in [0.1, 0.15) is 5.75 Å². The Bertz CT molecular complexity index is 1290. The lowest BCUT2D eigenvalue weighted by atomic mass is 10.1. The van der Waals surface area contributed by atoms with E-state index in [9.17, 15) is 38.0 Å². The number of alkyl halides is 3. The van der Waals surface area contributed by atoms with E-state index in [1.54, 1.807) is 0 Å². The van der Waals surface area contributed by atoms with Crippen LogP contribution in [0.1, 0.15) is 12.5 Å². The van der Waals surface area contributed by atoms with Crippen LogP contribution in [0.15, 0.2) is 48.9 Å². The Kier molecular flexibility index (Phi) is 6.93. The maximum atomic E-state index is 12.9. The number of hydrogen-bond donors (Lipinski definition) is 1. The summed E-state index contributed by atoms with van der Waals surface area (Å²) in [5.74, 6) is -1.34. The van der Waals surface area contributed by atoms with Crippen LogP contribution >= 0.6 is 0 Å². The quantitative estimate of drug-likeness (QED) is 0.232. The van der Waals surface area contributed by atoms with Gasteiger partial charge in [0, 0.05) is 37.9 Å². The molecule has 0 saturated carbocycles. The third-order valence-electron chi connectivity index (χ3n) is 4.71. The number of nitro benzene ring substituents is 1. The second-order valence-electron chi connectivity index (χ2n) is 7.05. The minimum Gasteiger partial charge on any atom is -0.507 e. The summed E-state index contributed by atoms with van der Waals surface area (Å²) >= 11 is 0. The fourth-order valence-electron chi connectivity index (χ4n) is 2.99. The number of imidazole rings is 1. The number of phenols is 1. The molecule has 0 aliphatic heterocycles. The summed E-state index contributed by atoms with van der Waals surface area (Å²) < 4.78 is 49.3. The highest BCUT2D eigenvalue weighted by Gasteiger charge is 2.31. The molecule has 1 amide bonds. The Morgan fingerprint density at radius 1 is 1.20 bits per heavy atom. The van der Waals surface area contributed by atoms with Crippen molar-refractivity contribution in [3.05, 3.63) is 64.6 Å². The van der Waals surface area contributed by atoms with Gasteiger partial charge in [-0.1, -0.05) is 0 Å². The molecule has 0 saturated heterocycles. The molecule has 2 aromatic carbocycles. The lowest BCUT2D eigenvalue weighted by Crippen LogP contribution is -2.29. The molecule has 0 atom stereocenters. The molecule has 3 aromatic rings. The minimum absolute atomic E-state index is 0.0159. The molecule has 0 bridgehead atoms. The number of hydrogen-bond acceptors (Lipinski definition) is 8. The van der Waals surface area contributed by atoms with E-state index in [4.69, 9.17) is 4.74 Å². The summed E-state index contributed by atoms with van der Waals surface area (Å²) in [6, 6.07) is 5.94. The molecular weight excluding hydrogens is 477 g/mol. The Morgan fingerprint density at radius 3 is 2.51 bits per heavy atom. The first-order valence-electron chi connectivity index (χ1n) is 9.65. The molecule has 0 radical (unpaired) electrons. The second kappa shape index (κ2) is 9.70. The Hall–Kier alpha value is -4.62. The van der Waals surface area contributed by atoms with E-state index in [0.717, 1.165) is 36.1 Å². The first-order valence-corrected chi connectivity index (χ1v) is 9.65. The van der Waals surface area contributed by atoms with Crippen molar-refractivity contribution in [2.45, 2.75) is 13.1 Å². The van der Waals surface area contributed by atoms with E-state index < -0.39 is 41.3 Å². The average Bonchev–Trinajstić information content (AvgIpc) is 3.27. The zero-order valence-electron chi connectivity index (χ0n) is 18.1. The number of esters is 1. The number of benzene rings is 2. The molecule has 11 nitrogen and oxygen atoms in total. The second-order valence-corrected chi connectivity index (χ2v) is 7.05. The van der Waals surface area contributed by atoms with Gasteiger partial charge < -0.3 is 19.1 Å². The largest absolute Gasteiger partial charge is 0.507 e. The standard InChI is InChI=1S/C21H17F3N4O7/c1-12(29)34-11-35-20(31)26(2)17-6-4-14(28(32)33)8-18(17)27-9-16(25-10-27)15-5-3-13(7-19(15)30)21(22,23)24/h3-10,30H,11H2,1-2H3.